The molecule has 0 bridgehead atoms. The van der Waals surface area contributed by atoms with Crippen molar-refractivity contribution in [3.05, 3.63) is 51.9 Å². The average molecular weight is 499 g/mol. The molecule has 186 valence electrons. The van der Waals surface area contributed by atoms with Crippen LogP contribution >= 0.6 is 11.6 Å². The minimum atomic E-state index is -0.716. The SMILES string of the molecule is CCC1CCC2(CC1)NC(=O)N(CN1CCN(c3cnn(-c4ccccc4)c(=O)c3Cl)CC1)C2=O. The summed E-state index contributed by atoms with van der Waals surface area (Å²) >= 11 is 6.46. The number of halogens is 1. The molecule has 2 saturated heterocycles. The van der Waals surface area contributed by atoms with E-state index in [0.29, 0.717) is 43.5 Å². The zero-order chi connectivity index (χ0) is 24.6. The molecule has 5 rings (SSSR count). The molecule has 2 aliphatic heterocycles. The van der Waals surface area contributed by atoms with Gasteiger partial charge in [0.15, 0.2) is 0 Å². The molecule has 1 N–H and O–H groups in total. The molecule has 0 radical (unpaired) electrons. The number of nitrogens with one attached hydrogen (secondary N) is 1. The Morgan fingerprint density at radius 3 is 2.40 bits per heavy atom. The van der Waals surface area contributed by atoms with Crippen LogP contribution in [0.25, 0.3) is 5.69 Å². The summed E-state index contributed by atoms with van der Waals surface area (Å²) in [4.78, 5) is 44.2. The number of carbonyl (C=O) groups is 2. The van der Waals surface area contributed by atoms with E-state index in [1.165, 1.54) is 9.58 Å². The topological polar surface area (TPSA) is 90.8 Å². The first-order chi connectivity index (χ1) is 16.9. The van der Waals surface area contributed by atoms with Crippen molar-refractivity contribution in [2.75, 3.05) is 37.7 Å². The first-order valence-electron chi connectivity index (χ1n) is 12.4. The van der Waals surface area contributed by atoms with Gasteiger partial charge in [-0.3, -0.25) is 14.5 Å². The zero-order valence-electron chi connectivity index (χ0n) is 20.0. The molecule has 35 heavy (non-hydrogen) atoms. The minimum Gasteiger partial charge on any atom is -0.366 e. The highest BCUT2D eigenvalue weighted by atomic mass is 35.5. The van der Waals surface area contributed by atoms with E-state index >= 15 is 0 Å². The Kier molecular flexibility index (Phi) is 6.55. The number of aromatic nitrogens is 2. The molecule has 1 saturated carbocycles. The lowest BCUT2D eigenvalue weighted by Crippen LogP contribution is -2.53. The van der Waals surface area contributed by atoms with Gasteiger partial charge in [0.1, 0.15) is 10.6 Å². The van der Waals surface area contributed by atoms with Crippen molar-refractivity contribution in [3.63, 3.8) is 0 Å². The average Bonchev–Trinajstić information content (AvgIpc) is 3.11. The van der Waals surface area contributed by atoms with E-state index in [-0.39, 0.29) is 29.2 Å². The van der Waals surface area contributed by atoms with Crippen molar-refractivity contribution in [2.45, 2.75) is 44.6 Å². The van der Waals surface area contributed by atoms with Gasteiger partial charge in [-0.2, -0.15) is 9.78 Å². The molecule has 0 atom stereocenters. The van der Waals surface area contributed by atoms with Crippen molar-refractivity contribution < 1.29 is 9.59 Å². The third kappa shape index (κ3) is 4.43. The number of hydrogen-bond acceptors (Lipinski definition) is 6. The predicted octanol–water partition coefficient (Wildman–Crippen LogP) is 2.86. The lowest BCUT2D eigenvalue weighted by atomic mass is 9.75. The van der Waals surface area contributed by atoms with Crippen molar-refractivity contribution in [1.29, 1.82) is 0 Å². The monoisotopic (exact) mass is 498 g/mol. The smallest absolute Gasteiger partial charge is 0.326 e. The Bertz CT molecular complexity index is 1150. The second-order valence-electron chi connectivity index (χ2n) is 9.74. The molecule has 3 amide bonds. The van der Waals surface area contributed by atoms with E-state index in [1.54, 1.807) is 18.3 Å². The van der Waals surface area contributed by atoms with Crippen LogP contribution < -0.4 is 15.8 Å². The summed E-state index contributed by atoms with van der Waals surface area (Å²) in [5.74, 6) is 0.555. The van der Waals surface area contributed by atoms with Gasteiger partial charge in [-0.05, 0) is 43.7 Å². The van der Waals surface area contributed by atoms with Gasteiger partial charge in [0.2, 0.25) is 0 Å². The number of amides is 3. The zero-order valence-corrected chi connectivity index (χ0v) is 20.7. The van der Waals surface area contributed by atoms with Crippen LogP contribution in [-0.2, 0) is 4.79 Å². The fourth-order valence-corrected chi connectivity index (χ4v) is 5.70. The number of anilines is 1. The molecule has 10 heteroatoms. The van der Waals surface area contributed by atoms with Crippen LogP contribution in [0.4, 0.5) is 10.5 Å². The largest absolute Gasteiger partial charge is 0.366 e. The van der Waals surface area contributed by atoms with Gasteiger partial charge < -0.3 is 10.2 Å². The van der Waals surface area contributed by atoms with E-state index in [2.05, 4.69) is 22.2 Å². The van der Waals surface area contributed by atoms with Crippen LogP contribution in [-0.4, -0.2) is 69.9 Å². The van der Waals surface area contributed by atoms with Gasteiger partial charge in [0, 0.05) is 26.2 Å². The first kappa shape index (κ1) is 23.8. The number of rotatable bonds is 5. The molecule has 1 spiro atoms. The van der Waals surface area contributed by atoms with Crippen molar-refractivity contribution in [2.24, 2.45) is 5.92 Å². The fraction of sp³-hybridized carbons (Fsp3) is 0.520. The van der Waals surface area contributed by atoms with Gasteiger partial charge in [-0.15, -0.1) is 0 Å². The summed E-state index contributed by atoms with van der Waals surface area (Å²) < 4.78 is 1.30. The summed E-state index contributed by atoms with van der Waals surface area (Å²) in [6.45, 7) is 4.97. The molecule has 0 unspecified atom stereocenters. The van der Waals surface area contributed by atoms with E-state index in [1.807, 2.05) is 23.1 Å². The molecule has 1 aliphatic carbocycles. The second kappa shape index (κ2) is 9.62. The Labute approximate surface area is 209 Å². The summed E-state index contributed by atoms with van der Waals surface area (Å²) in [6, 6.07) is 8.88. The van der Waals surface area contributed by atoms with E-state index < -0.39 is 5.54 Å². The van der Waals surface area contributed by atoms with Crippen LogP contribution in [0.15, 0.2) is 41.3 Å². The minimum absolute atomic E-state index is 0.0868. The summed E-state index contributed by atoms with van der Waals surface area (Å²) in [6.07, 6.45) is 6.15. The molecular formula is C25H31ClN6O3. The van der Waals surface area contributed by atoms with Crippen LogP contribution in [0.1, 0.15) is 39.0 Å². The van der Waals surface area contributed by atoms with E-state index in [0.717, 1.165) is 32.1 Å². The number of para-hydroxylation sites is 1. The highest BCUT2D eigenvalue weighted by molar-refractivity contribution is 6.33. The molecule has 1 aromatic heterocycles. The number of hydrogen-bond donors (Lipinski definition) is 1. The normalized spacial score (nSPS) is 25.4. The quantitative estimate of drug-likeness (QED) is 0.637. The fourth-order valence-electron chi connectivity index (χ4n) is 5.45. The third-order valence-electron chi connectivity index (χ3n) is 7.74. The third-order valence-corrected chi connectivity index (χ3v) is 8.09. The van der Waals surface area contributed by atoms with Gasteiger partial charge >= 0.3 is 6.03 Å². The predicted molar refractivity (Wildman–Crippen MR) is 134 cm³/mol. The van der Waals surface area contributed by atoms with Crippen molar-refractivity contribution >= 4 is 29.2 Å². The Morgan fingerprint density at radius 2 is 1.74 bits per heavy atom. The van der Waals surface area contributed by atoms with Crippen LogP contribution in [0.2, 0.25) is 5.02 Å². The highest BCUT2D eigenvalue weighted by Gasteiger charge is 2.52. The van der Waals surface area contributed by atoms with Crippen LogP contribution in [0.3, 0.4) is 0 Å². The van der Waals surface area contributed by atoms with Gasteiger partial charge in [0.05, 0.1) is 24.2 Å². The molecule has 3 fully saturated rings. The molecule has 9 nitrogen and oxygen atoms in total. The Morgan fingerprint density at radius 1 is 1.06 bits per heavy atom. The van der Waals surface area contributed by atoms with Crippen molar-refractivity contribution in [3.8, 4) is 5.69 Å². The lowest BCUT2D eigenvalue weighted by Gasteiger charge is -2.38. The van der Waals surface area contributed by atoms with E-state index in [9.17, 15) is 14.4 Å². The number of carbonyl (C=O) groups excluding carboxylic acids is 2. The Hall–Kier alpha value is -2.91. The molecule has 2 aromatic rings. The van der Waals surface area contributed by atoms with Crippen LogP contribution in [0.5, 0.6) is 0 Å². The Balaban J connectivity index is 1.21. The van der Waals surface area contributed by atoms with Crippen LogP contribution in [0, 0.1) is 5.92 Å². The maximum atomic E-state index is 13.2. The standard InChI is InChI=1S/C25H31ClN6O3/c1-2-18-8-10-25(11-9-18)23(34)31(24(35)28-25)17-29-12-14-30(15-13-29)20-16-27-32(22(33)21(20)26)19-6-4-3-5-7-19/h3-7,16,18H,2,8-15,17H2,1H3,(H,28,35). The molecule has 1 aromatic carbocycles. The highest BCUT2D eigenvalue weighted by Crippen LogP contribution is 2.37. The first-order valence-corrected chi connectivity index (χ1v) is 12.7. The number of imide groups is 1. The maximum absolute atomic E-state index is 13.2. The second-order valence-corrected chi connectivity index (χ2v) is 10.1. The van der Waals surface area contributed by atoms with Gasteiger partial charge in [0.25, 0.3) is 11.5 Å². The van der Waals surface area contributed by atoms with E-state index in [4.69, 9.17) is 11.6 Å². The number of nitrogens with zero attached hydrogens (tertiary/aromatic N) is 5. The molecular weight excluding hydrogens is 468 g/mol. The summed E-state index contributed by atoms with van der Waals surface area (Å²) in [5.41, 5.74) is 0.183. The molecule has 3 aliphatic rings. The number of piperazine rings is 1. The van der Waals surface area contributed by atoms with Gasteiger partial charge in [-0.25, -0.2) is 9.69 Å². The molecule has 3 heterocycles. The number of benzene rings is 1. The number of urea groups is 1. The summed E-state index contributed by atoms with van der Waals surface area (Å²) in [5, 5.41) is 7.47. The van der Waals surface area contributed by atoms with Crippen molar-refractivity contribution in [1.82, 2.24) is 24.9 Å². The maximum Gasteiger partial charge on any atom is 0.326 e. The van der Waals surface area contributed by atoms with Gasteiger partial charge in [-0.1, -0.05) is 43.1 Å². The lowest BCUT2D eigenvalue weighted by molar-refractivity contribution is -0.134. The summed E-state index contributed by atoms with van der Waals surface area (Å²) in [7, 11) is 0.